The minimum atomic E-state index is 0. The Bertz CT molecular complexity index is 50.5. The minimum absolute atomic E-state index is 0. The van der Waals surface area contributed by atoms with E-state index in [1.54, 1.807) is 0 Å². The van der Waals surface area contributed by atoms with Crippen LogP contribution in [0.15, 0.2) is 12.7 Å². The molecule has 0 rings (SSSR count). The molecule has 9 heavy (non-hydrogen) atoms. The fourth-order valence-corrected chi connectivity index (χ4v) is 0.715. The molecule has 56 valence electrons. The predicted molar refractivity (Wildman–Crippen MR) is 50.1 cm³/mol. The summed E-state index contributed by atoms with van der Waals surface area (Å²) < 4.78 is 0. The van der Waals surface area contributed by atoms with Crippen molar-refractivity contribution in [1.82, 2.24) is 0 Å². The van der Waals surface area contributed by atoms with Gasteiger partial charge in [0.15, 0.2) is 0 Å². The summed E-state index contributed by atoms with van der Waals surface area (Å²) in [6.07, 6.45) is 8.61. The Morgan fingerprint density at radius 1 is 1.22 bits per heavy atom. The third kappa shape index (κ3) is 11.6. The van der Waals surface area contributed by atoms with Crippen LogP contribution in [-0.2, 0) is 0 Å². The molecule has 0 bridgehead atoms. The van der Waals surface area contributed by atoms with Crippen LogP contribution in [0, 0.1) is 0 Å². The molecule has 1 atom stereocenters. The molecule has 0 aliphatic carbocycles. The molecule has 0 aliphatic rings. The average Bonchev–Trinajstić information content (AvgIpc) is 1.81. The molecular formula is C8H19P. The fraction of sp³-hybridized carbons (Fsp3) is 0.750. The maximum Gasteiger partial charge on any atom is -0.0353 e. The zero-order valence-corrected chi connectivity index (χ0v) is 7.94. The summed E-state index contributed by atoms with van der Waals surface area (Å²) in [6.45, 7) is 5.89. The summed E-state index contributed by atoms with van der Waals surface area (Å²) in [5.74, 6) is 0. The highest BCUT2D eigenvalue weighted by atomic mass is 31.0. The monoisotopic (exact) mass is 146 g/mol. The van der Waals surface area contributed by atoms with Crippen molar-refractivity contribution in [2.75, 3.05) is 0 Å². The Kier molecular flexibility index (Phi) is 14.6. The Morgan fingerprint density at radius 3 is 2.33 bits per heavy atom. The van der Waals surface area contributed by atoms with E-state index in [9.17, 15) is 0 Å². The van der Waals surface area contributed by atoms with E-state index < -0.39 is 0 Å². The highest BCUT2D eigenvalue weighted by molar-refractivity contribution is 6.92. The van der Waals surface area contributed by atoms with E-state index in [2.05, 4.69) is 13.5 Å². The van der Waals surface area contributed by atoms with Crippen molar-refractivity contribution in [3.63, 3.8) is 0 Å². The van der Waals surface area contributed by atoms with E-state index in [0.717, 1.165) is 0 Å². The summed E-state index contributed by atoms with van der Waals surface area (Å²) >= 11 is 0. The largest absolute Gasteiger partial charge is 0.153 e. The Morgan fingerprint density at radius 2 is 1.89 bits per heavy atom. The zero-order chi connectivity index (χ0) is 6.24. The highest BCUT2D eigenvalue weighted by Crippen LogP contribution is 2.01. The lowest BCUT2D eigenvalue weighted by Gasteiger charge is -1.91. The van der Waals surface area contributed by atoms with Gasteiger partial charge in [-0.05, 0) is 12.8 Å². The molecule has 0 aliphatic heterocycles. The second-order valence-electron chi connectivity index (χ2n) is 2.14. The Balaban J connectivity index is 0. The number of hydrogen-bond acceptors (Lipinski definition) is 0. The van der Waals surface area contributed by atoms with Crippen LogP contribution in [0.5, 0.6) is 0 Å². The van der Waals surface area contributed by atoms with Crippen LogP contribution in [0.3, 0.4) is 0 Å². The molecule has 0 saturated heterocycles. The smallest absolute Gasteiger partial charge is 0.0353 e. The first-order valence-corrected chi connectivity index (χ1v) is 3.52. The van der Waals surface area contributed by atoms with Crippen LogP contribution < -0.4 is 0 Å². The third-order valence-electron chi connectivity index (χ3n) is 1.26. The molecule has 1 heteroatoms. The number of hydrogen-bond donors (Lipinski definition) is 0. The summed E-state index contributed by atoms with van der Waals surface area (Å²) in [7, 11) is 0. The first-order chi connectivity index (χ1) is 3.91. The molecule has 0 nitrogen and oxygen atoms in total. The van der Waals surface area contributed by atoms with E-state index in [1.807, 2.05) is 6.08 Å². The van der Waals surface area contributed by atoms with E-state index in [4.69, 9.17) is 0 Å². The summed E-state index contributed by atoms with van der Waals surface area (Å²) in [4.78, 5) is 0. The van der Waals surface area contributed by atoms with Crippen LogP contribution in [0.25, 0.3) is 0 Å². The molecule has 0 spiro atoms. The number of rotatable bonds is 5. The van der Waals surface area contributed by atoms with Gasteiger partial charge in [0.1, 0.15) is 0 Å². The van der Waals surface area contributed by atoms with E-state index in [-0.39, 0.29) is 9.90 Å². The number of allylic oxidation sites excluding steroid dienone is 1. The zero-order valence-electron chi connectivity index (χ0n) is 6.53. The van der Waals surface area contributed by atoms with Gasteiger partial charge in [-0.3, -0.25) is 0 Å². The normalized spacial score (nSPS) is 8.11. The Labute approximate surface area is 62.4 Å². The van der Waals surface area contributed by atoms with E-state index in [0.29, 0.717) is 0 Å². The molecule has 0 aromatic heterocycles. The fourth-order valence-electron chi connectivity index (χ4n) is 0.715. The van der Waals surface area contributed by atoms with Crippen molar-refractivity contribution >= 4 is 9.90 Å². The van der Waals surface area contributed by atoms with Crippen molar-refractivity contribution in [3.8, 4) is 0 Å². The van der Waals surface area contributed by atoms with Gasteiger partial charge in [-0.1, -0.05) is 32.3 Å². The van der Waals surface area contributed by atoms with Crippen LogP contribution in [0.4, 0.5) is 0 Å². The molecule has 0 radical (unpaired) electrons. The van der Waals surface area contributed by atoms with Gasteiger partial charge >= 0.3 is 0 Å². The first-order valence-electron chi connectivity index (χ1n) is 3.52. The van der Waals surface area contributed by atoms with Gasteiger partial charge in [0.25, 0.3) is 0 Å². The molecule has 0 saturated carbocycles. The van der Waals surface area contributed by atoms with Crippen LogP contribution in [0.1, 0.15) is 39.0 Å². The summed E-state index contributed by atoms with van der Waals surface area (Å²) in [6, 6.07) is 0. The summed E-state index contributed by atoms with van der Waals surface area (Å²) in [5.41, 5.74) is 0. The SMILES string of the molecule is C=CCCCCCC.P. The molecule has 0 heterocycles. The lowest BCUT2D eigenvalue weighted by atomic mass is 10.2. The van der Waals surface area contributed by atoms with Gasteiger partial charge in [-0.25, -0.2) is 0 Å². The topological polar surface area (TPSA) is 0 Å². The van der Waals surface area contributed by atoms with Gasteiger partial charge in [-0.2, -0.15) is 9.90 Å². The molecule has 0 N–H and O–H groups in total. The van der Waals surface area contributed by atoms with E-state index >= 15 is 0 Å². The molecule has 1 unspecified atom stereocenters. The maximum atomic E-state index is 3.66. The van der Waals surface area contributed by atoms with Gasteiger partial charge in [0.2, 0.25) is 0 Å². The molecule has 0 aromatic carbocycles. The number of unbranched alkanes of at least 4 members (excludes halogenated alkanes) is 4. The van der Waals surface area contributed by atoms with Crippen molar-refractivity contribution in [1.29, 1.82) is 0 Å². The minimum Gasteiger partial charge on any atom is -0.153 e. The lowest BCUT2D eigenvalue weighted by molar-refractivity contribution is 0.675. The van der Waals surface area contributed by atoms with Gasteiger partial charge in [0.05, 0.1) is 0 Å². The second kappa shape index (κ2) is 11.0. The van der Waals surface area contributed by atoms with Gasteiger partial charge < -0.3 is 0 Å². The molecule has 0 aromatic rings. The van der Waals surface area contributed by atoms with Crippen molar-refractivity contribution in [2.45, 2.75) is 39.0 Å². The lowest BCUT2D eigenvalue weighted by Crippen LogP contribution is -1.71. The second-order valence-corrected chi connectivity index (χ2v) is 2.14. The molecule has 0 fully saturated rings. The average molecular weight is 146 g/mol. The highest BCUT2D eigenvalue weighted by Gasteiger charge is 1.81. The van der Waals surface area contributed by atoms with Gasteiger partial charge in [-0.15, -0.1) is 6.58 Å². The maximum absolute atomic E-state index is 3.66. The first kappa shape index (κ1) is 11.9. The summed E-state index contributed by atoms with van der Waals surface area (Å²) in [5, 5.41) is 0. The third-order valence-corrected chi connectivity index (χ3v) is 1.26. The van der Waals surface area contributed by atoms with Crippen LogP contribution in [0.2, 0.25) is 0 Å². The Hall–Kier alpha value is 0.170. The van der Waals surface area contributed by atoms with Crippen LogP contribution >= 0.6 is 9.90 Å². The van der Waals surface area contributed by atoms with Crippen molar-refractivity contribution in [3.05, 3.63) is 12.7 Å². The van der Waals surface area contributed by atoms with E-state index in [1.165, 1.54) is 32.1 Å². The van der Waals surface area contributed by atoms with Gasteiger partial charge in [0, 0.05) is 0 Å². The van der Waals surface area contributed by atoms with Crippen LogP contribution in [-0.4, -0.2) is 0 Å². The van der Waals surface area contributed by atoms with Crippen molar-refractivity contribution in [2.24, 2.45) is 0 Å². The molecular weight excluding hydrogens is 127 g/mol. The standard InChI is InChI=1S/C8H16.H3P/c1-3-5-7-8-6-4-2;/h3H,1,4-8H2,2H3;1H3. The van der Waals surface area contributed by atoms with Crippen molar-refractivity contribution < 1.29 is 0 Å². The quantitative estimate of drug-likeness (QED) is 0.317. The molecule has 0 amide bonds. The predicted octanol–water partition coefficient (Wildman–Crippen LogP) is 3.20.